The number of carbonyl (C=O) groups is 2. The summed E-state index contributed by atoms with van der Waals surface area (Å²) in [6, 6.07) is 4.10. The smallest absolute Gasteiger partial charge is 0.274 e. The first-order chi connectivity index (χ1) is 8.97. The minimum Gasteiger partial charge on any atom is -0.274 e. The Morgan fingerprint density at radius 3 is 2.63 bits per heavy atom. The van der Waals surface area contributed by atoms with Crippen LogP contribution in [0, 0.1) is 16.0 Å². The Balaban J connectivity index is 2.44. The van der Waals surface area contributed by atoms with Gasteiger partial charge < -0.3 is 0 Å². The van der Waals surface area contributed by atoms with E-state index in [1.165, 1.54) is 18.2 Å². The molecule has 0 bridgehead atoms. The second-order valence-corrected chi connectivity index (χ2v) is 5.08. The summed E-state index contributed by atoms with van der Waals surface area (Å²) >= 11 is 3.28. The molecule has 1 heterocycles. The lowest BCUT2D eigenvalue weighted by Gasteiger charge is -2.17. The number of hydrogen-bond acceptors (Lipinski definition) is 4. The van der Waals surface area contributed by atoms with Gasteiger partial charge in [-0.25, -0.2) is 0 Å². The van der Waals surface area contributed by atoms with Gasteiger partial charge in [-0.1, -0.05) is 28.9 Å². The van der Waals surface area contributed by atoms with Gasteiger partial charge in [-0.2, -0.15) is 0 Å². The Morgan fingerprint density at radius 1 is 1.37 bits per heavy atom. The minimum absolute atomic E-state index is 0.0845. The van der Waals surface area contributed by atoms with Crippen LogP contribution in [0.15, 0.2) is 18.2 Å². The summed E-state index contributed by atoms with van der Waals surface area (Å²) in [6.45, 7) is 2.13. The van der Waals surface area contributed by atoms with Gasteiger partial charge in [-0.05, 0) is 12.0 Å². The summed E-state index contributed by atoms with van der Waals surface area (Å²) in [7, 11) is 0. The van der Waals surface area contributed by atoms with Gasteiger partial charge in [0.15, 0.2) is 0 Å². The number of alkyl halides is 1. The molecular weight excluding hydrogens is 316 g/mol. The number of nitro groups is 1. The van der Waals surface area contributed by atoms with Crippen molar-refractivity contribution in [1.82, 2.24) is 4.90 Å². The number of rotatable bonds is 4. The van der Waals surface area contributed by atoms with Crippen molar-refractivity contribution in [3.63, 3.8) is 0 Å². The largest absolute Gasteiger partial charge is 0.282 e. The Labute approximate surface area is 117 Å². The first-order valence-corrected chi connectivity index (χ1v) is 6.79. The molecule has 19 heavy (non-hydrogen) atoms. The number of halogens is 1. The molecule has 1 unspecified atom stereocenters. The minimum atomic E-state index is -0.637. The second kappa shape index (κ2) is 5.08. The summed E-state index contributed by atoms with van der Waals surface area (Å²) in [5.74, 6) is -0.960. The summed E-state index contributed by atoms with van der Waals surface area (Å²) in [5.41, 5.74) is -0.301. The van der Waals surface area contributed by atoms with Crippen LogP contribution in [0.3, 0.4) is 0 Å². The predicted octanol–water partition coefficient (Wildman–Crippen LogP) is 2.22. The number of benzene rings is 1. The van der Waals surface area contributed by atoms with E-state index in [2.05, 4.69) is 15.9 Å². The van der Waals surface area contributed by atoms with Crippen LogP contribution >= 0.6 is 15.9 Å². The summed E-state index contributed by atoms with van der Waals surface area (Å²) in [4.78, 5) is 35.6. The fourth-order valence-electron chi connectivity index (χ4n) is 1.99. The third kappa shape index (κ3) is 2.25. The van der Waals surface area contributed by atoms with E-state index in [4.69, 9.17) is 0 Å². The Hall–Kier alpha value is -1.76. The van der Waals surface area contributed by atoms with Crippen LogP contribution < -0.4 is 0 Å². The fraction of sp³-hybridized carbons (Fsp3) is 0.333. The third-order valence-corrected chi connectivity index (χ3v) is 4.04. The maximum atomic E-state index is 12.2. The second-order valence-electron chi connectivity index (χ2n) is 4.44. The van der Waals surface area contributed by atoms with E-state index in [1.54, 1.807) is 0 Å². The zero-order valence-corrected chi connectivity index (χ0v) is 11.7. The Morgan fingerprint density at radius 2 is 2.05 bits per heavy atom. The lowest BCUT2D eigenvalue weighted by Crippen LogP contribution is -2.34. The lowest BCUT2D eigenvalue weighted by atomic mass is 10.1. The van der Waals surface area contributed by atoms with Crippen molar-refractivity contribution in [2.24, 2.45) is 5.92 Å². The molecule has 7 heteroatoms. The van der Waals surface area contributed by atoms with Crippen molar-refractivity contribution in [3.05, 3.63) is 39.4 Å². The molecule has 1 aliphatic rings. The van der Waals surface area contributed by atoms with Crippen LogP contribution in [0.2, 0.25) is 0 Å². The van der Waals surface area contributed by atoms with E-state index < -0.39 is 16.7 Å². The molecule has 1 aliphatic heterocycles. The summed E-state index contributed by atoms with van der Waals surface area (Å²) < 4.78 is 0. The predicted molar refractivity (Wildman–Crippen MR) is 71.4 cm³/mol. The number of nitrogens with zero attached hydrogens (tertiary/aromatic N) is 2. The molecule has 1 atom stereocenters. The monoisotopic (exact) mass is 326 g/mol. The molecule has 1 aromatic carbocycles. The molecule has 0 aromatic heterocycles. The van der Waals surface area contributed by atoms with Crippen molar-refractivity contribution in [1.29, 1.82) is 0 Å². The quantitative estimate of drug-likeness (QED) is 0.367. The number of hydrogen-bond donors (Lipinski definition) is 0. The summed E-state index contributed by atoms with van der Waals surface area (Å²) in [6.07, 6.45) is 0. The number of imide groups is 1. The molecule has 0 radical (unpaired) electrons. The van der Waals surface area contributed by atoms with Gasteiger partial charge in [0, 0.05) is 17.9 Å². The first-order valence-electron chi connectivity index (χ1n) is 5.67. The van der Waals surface area contributed by atoms with Crippen LogP contribution in [-0.2, 0) is 0 Å². The van der Waals surface area contributed by atoms with Gasteiger partial charge in [0.1, 0.15) is 5.56 Å². The molecule has 1 aromatic rings. The number of nitro benzene ring substituents is 1. The van der Waals surface area contributed by atoms with Gasteiger partial charge in [0.25, 0.3) is 17.5 Å². The van der Waals surface area contributed by atoms with E-state index in [9.17, 15) is 19.7 Å². The van der Waals surface area contributed by atoms with Crippen molar-refractivity contribution in [2.75, 3.05) is 11.9 Å². The number of fused-ring (bicyclic) bond motifs is 1. The zero-order chi connectivity index (χ0) is 14.2. The molecule has 2 rings (SSSR count). The maximum Gasteiger partial charge on any atom is 0.282 e. The number of amides is 2. The molecule has 0 saturated carbocycles. The normalized spacial score (nSPS) is 15.6. The van der Waals surface area contributed by atoms with E-state index in [-0.39, 0.29) is 29.3 Å². The van der Waals surface area contributed by atoms with Gasteiger partial charge in [-0.3, -0.25) is 24.6 Å². The van der Waals surface area contributed by atoms with Crippen LogP contribution in [-0.4, -0.2) is 33.5 Å². The average Bonchev–Trinajstić information content (AvgIpc) is 2.63. The van der Waals surface area contributed by atoms with E-state index >= 15 is 0 Å². The van der Waals surface area contributed by atoms with Crippen LogP contribution in [0.5, 0.6) is 0 Å². The summed E-state index contributed by atoms with van der Waals surface area (Å²) in [5, 5.41) is 11.6. The Bertz CT molecular complexity index is 573. The highest BCUT2D eigenvalue weighted by Gasteiger charge is 2.41. The third-order valence-electron chi connectivity index (χ3n) is 2.93. The van der Waals surface area contributed by atoms with Crippen molar-refractivity contribution < 1.29 is 14.5 Å². The first kappa shape index (κ1) is 13.7. The molecule has 2 amide bonds. The molecule has 100 valence electrons. The topological polar surface area (TPSA) is 80.5 Å². The van der Waals surface area contributed by atoms with Crippen LogP contribution in [0.4, 0.5) is 5.69 Å². The zero-order valence-electron chi connectivity index (χ0n) is 10.1. The molecule has 0 spiro atoms. The van der Waals surface area contributed by atoms with Crippen LogP contribution in [0.25, 0.3) is 0 Å². The Kier molecular flexibility index (Phi) is 3.66. The maximum absolute atomic E-state index is 12.2. The number of carbonyl (C=O) groups excluding carboxylic acids is 2. The standard InChI is InChI=1S/C12H11BrN2O4/c1-7(5-13)6-14-11(16)8-3-2-4-9(15(18)19)10(8)12(14)17/h2-4,7H,5-6H2,1H3. The average molecular weight is 327 g/mol. The van der Waals surface area contributed by atoms with E-state index in [0.717, 1.165) is 4.90 Å². The van der Waals surface area contributed by atoms with E-state index in [0.29, 0.717) is 5.33 Å². The van der Waals surface area contributed by atoms with Crippen molar-refractivity contribution in [3.8, 4) is 0 Å². The van der Waals surface area contributed by atoms with Gasteiger partial charge in [-0.15, -0.1) is 0 Å². The molecule has 0 saturated heterocycles. The van der Waals surface area contributed by atoms with Gasteiger partial charge >= 0.3 is 0 Å². The van der Waals surface area contributed by atoms with E-state index in [1.807, 2.05) is 6.92 Å². The SMILES string of the molecule is CC(CBr)CN1C(=O)c2cccc([N+](=O)[O-])c2C1=O. The van der Waals surface area contributed by atoms with Gasteiger partial charge in [0.2, 0.25) is 0 Å². The van der Waals surface area contributed by atoms with Gasteiger partial charge in [0.05, 0.1) is 10.5 Å². The fourth-order valence-corrected chi connectivity index (χ4v) is 2.20. The molecule has 0 aliphatic carbocycles. The molecular formula is C12H11BrN2O4. The molecule has 0 fully saturated rings. The van der Waals surface area contributed by atoms with Crippen molar-refractivity contribution in [2.45, 2.75) is 6.92 Å². The van der Waals surface area contributed by atoms with Crippen molar-refractivity contribution >= 4 is 33.4 Å². The molecule has 0 N–H and O–H groups in total. The highest BCUT2D eigenvalue weighted by atomic mass is 79.9. The highest BCUT2D eigenvalue weighted by Crippen LogP contribution is 2.31. The van der Waals surface area contributed by atoms with Crippen LogP contribution in [0.1, 0.15) is 27.6 Å². The highest BCUT2D eigenvalue weighted by molar-refractivity contribution is 9.09. The molecule has 6 nitrogen and oxygen atoms in total. The lowest BCUT2D eigenvalue weighted by molar-refractivity contribution is -0.385.